The summed E-state index contributed by atoms with van der Waals surface area (Å²) in [6, 6.07) is 7.21. The normalized spacial score (nSPS) is 10.5. The van der Waals surface area contributed by atoms with Gasteiger partial charge in [-0.05, 0) is 38.1 Å². The summed E-state index contributed by atoms with van der Waals surface area (Å²) in [5, 5.41) is 0.654. The summed E-state index contributed by atoms with van der Waals surface area (Å²) >= 11 is 5.84. The van der Waals surface area contributed by atoms with Gasteiger partial charge in [0.05, 0.1) is 0 Å². The number of hydrogen-bond acceptors (Lipinski definition) is 2. The van der Waals surface area contributed by atoms with E-state index in [-0.39, 0.29) is 5.56 Å². The topological polar surface area (TPSA) is 45.8 Å². The van der Waals surface area contributed by atoms with Crippen molar-refractivity contribution < 1.29 is 0 Å². The number of aromatic nitrogens is 2. The van der Waals surface area contributed by atoms with Crippen molar-refractivity contribution in [2.24, 2.45) is 0 Å². The molecular weight excluding hydrogens is 260 g/mol. The van der Waals surface area contributed by atoms with Gasteiger partial charge >= 0.3 is 0 Å². The van der Waals surface area contributed by atoms with Gasteiger partial charge in [-0.3, -0.25) is 4.79 Å². The van der Waals surface area contributed by atoms with Gasteiger partial charge in [-0.15, -0.1) is 0 Å². The minimum absolute atomic E-state index is 0.111. The molecular formula is C15H15ClN2O. The van der Waals surface area contributed by atoms with Crippen LogP contribution in [0.15, 0.2) is 41.2 Å². The fourth-order valence-electron chi connectivity index (χ4n) is 1.86. The van der Waals surface area contributed by atoms with E-state index in [9.17, 15) is 4.79 Å². The molecule has 1 aromatic carbocycles. The highest BCUT2D eigenvalue weighted by Gasteiger charge is 2.09. The summed E-state index contributed by atoms with van der Waals surface area (Å²) in [5.41, 5.74) is 3.07. The average Bonchev–Trinajstić information content (AvgIpc) is 2.34. The number of rotatable bonds is 3. The molecule has 0 saturated heterocycles. The van der Waals surface area contributed by atoms with Gasteiger partial charge in [-0.2, -0.15) is 0 Å². The van der Waals surface area contributed by atoms with E-state index >= 15 is 0 Å². The lowest BCUT2D eigenvalue weighted by Gasteiger charge is -2.07. The minimum Gasteiger partial charge on any atom is -0.306 e. The predicted molar refractivity (Wildman–Crippen MR) is 78.6 cm³/mol. The number of nitrogens with zero attached hydrogens (tertiary/aromatic N) is 1. The molecule has 2 aromatic rings. The van der Waals surface area contributed by atoms with Crippen molar-refractivity contribution in [3.8, 4) is 11.4 Å². The third kappa shape index (κ3) is 3.12. The highest BCUT2D eigenvalue weighted by atomic mass is 35.5. The minimum atomic E-state index is -0.111. The highest BCUT2D eigenvalue weighted by molar-refractivity contribution is 6.30. The molecule has 0 aliphatic heterocycles. The van der Waals surface area contributed by atoms with Crippen LogP contribution in [0.5, 0.6) is 0 Å². The molecule has 1 N–H and O–H groups in total. The maximum Gasteiger partial charge on any atom is 0.254 e. The molecule has 0 amide bonds. The number of H-pyrrole nitrogens is 1. The molecule has 0 aliphatic rings. The Kier molecular flexibility index (Phi) is 3.86. The van der Waals surface area contributed by atoms with E-state index in [0.717, 1.165) is 16.8 Å². The van der Waals surface area contributed by atoms with Crippen LogP contribution in [-0.2, 0) is 6.42 Å². The van der Waals surface area contributed by atoms with Crippen molar-refractivity contribution >= 4 is 11.6 Å². The zero-order chi connectivity index (χ0) is 14.0. The number of aromatic amines is 1. The zero-order valence-corrected chi connectivity index (χ0v) is 11.7. The average molecular weight is 275 g/mol. The molecule has 1 aromatic heterocycles. The van der Waals surface area contributed by atoms with Crippen LogP contribution in [0.3, 0.4) is 0 Å². The number of nitrogens with one attached hydrogen (secondary N) is 1. The third-order valence-electron chi connectivity index (χ3n) is 2.82. The predicted octanol–water partition coefficient (Wildman–Crippen LogP) is 3.52. The number of benzene rings is 1. The Balaban J connectivity index is 2.48. The van der Waals surface area contributed by atoms with Crippen molar-refractivity contribution in [1.82, 2.24) is 9.97 Å². The van der Waals surface area contributed by atoms with Crippen LogP contribution in [0.4, 0.5) is 0 Å². The molecule has 0 aliphatic carbocycles. The molecule has 0 spiro atoms. The lowest BCUT2D eigenvalue weighted by molar-refractivity contribution is 0.978. The SMILES string of the molecule is C=C(C)Cc1c(C)nc(-c2ccc(Cl)cc2)[nH]c1=O. The van der Waals surface area contributed by atoms with Crippen LogP contribution >= 0.6 is 11.6 Å². The van der Waals surface area contributed by atoms with Gasteiger partial charge in [-0.1, -0.05) is 23.8 Å². The first kappa shape index (κ1) is 13.6. The molecule has 0 atom stereocenters. The molecule has 0 bridgehead atoms. The van der Waals surface area contributed by atoms with E-state index in [1.165, 1.54) is 0 Å². The Morgan fingerprint density at radius 2 is 2.00 bits per heavy atom. The van der Waals surface area contributed by atoms with Gasteiger partial charge in [0.25, 0.3) is 5.56 Å². The van der Waals surface area contributed by atoms with E-state index in [4.69, 9.17) is 11.6 Å². The van der Waals surface area contributed by atoms with Crippen molar-refractivity contribution in [2.75, 3.05) is 0 Å². The first-order valence-corrected chi connectivity index (χ1v) is 6.35. The fourth-order valence-corrected chi connectivity index (χ4v) is 1.99. The third-order valence-corrected chi connectivity index (χ3v) is 3.07. The van der Waals surface area contributed by atoms with Gasteiger partial charge in [0.2, 0.25) is 0 Å². The van der Waals surface area contributed by atoms with E-state index in [0.29, 0.717) is 22.8 Å². The maximum atomic E-state index is 12.1. The summed E-state index contributed by atoms with van der Waals surface area (Å²) in [6.07, 6.45) is 0.551. The second-order valence-electron chi connectivity index (χ2n) is 4.62. The van der Waals surface area contributed by atoms with Crippen LogP contribution in [-0.4, -0.2) is 9.97 Å². The summed E-state index contributed by atoms with van der Waals surface area (Å²) in [7, 11) is 0. The van der Waals surface area contributed by atoms with Crippen LogP contribution in [0.1, 0.15) is 18.2 Å². The lowest BCUT2D eigenvalue weighted by Crippen LogP contribution is -2.17. The molecule has 0 saturated carbocycles. The van der Waals surface area contributed by atoms with Gasteiger partial charge in [0.1, 0.15) is 5.82 Å². The molecule has 2 rings (SSSR count). The molecule has 0 radical (unpaired) electrons. The van der Waals surface area contributed by atoms with Crippen molar-refractivity contribution in [3.05, 3.63) is 63.1 Å². The number of hydrogen-bond donors (Lipinski definition) is 1. The second-order valence-corrected chi connectivity index (χ2v) is 5.06. The first-order valence-electron chi connectivity index (χ1n) is 5.97. The molecule has 0 unspecified atom stereocenters. The Hall–Kier alpha value is -1.87. The number of allylic oxidation sites excluding steroid dienone is 1. The molecule has 3 nitrogen and oxygen atoms in total. The van der Waals surface area contributed by atoms with Gasteiger partial charge in [0.15, 0.2) is 0 Å². The summed E-state index contributed by atoms with van der Waals surface area (Å²) in [6.45, 7) is 7.56. The summed E-state index contributed by atoms with van der Waals surface area (Å²) < 4.78 is 0. The van der Waals surface area contributed by atoms with Crippen molar-refractivity contribution in [3.63, 3.8) is 0 Å². The molecule has 98 valence electrons. The highest BCUT2D eigenvalue weighted by Crippen LogP contribution is 2.18. The number of halogens is 1. The van der Waals surface area contributed by atoms with E-state index in [2.05, 4.69) is 16.5 Å². The van der Waals surface area contributed by atoms with Crippen LogP contribution in [0.25, 0.3) is 11.4 Å². The zero-order valence-electron chi connectivity index (χ0n) is 11.0. The summed E-state index contributed by atoms with van der Waals surface area (Å²) in [4.78, 5) is 19.3. The Labute approximate surface area is 117 Å². The standard InChI is InChI=1S/C15H15ClN2O/c1-9(2)8-13-10(3)17-14(18-15(13)19)11-4-6-12(16)7-5-11/h4-7H,1,8H2,2-3H3,(H,17,18,19). The molecule has 4 heteroatoms. The van der Waals surface area contributed by atoms with Gasteiger partial charge in [-0.25, -0.2) is 4.98 Å². The van der Waals surface area contributed by atoms with Crippen LogP contribution < -0.4 is 5.56 Å². The van der Waals surface area contributed by atoms with Gasteiger partial charge < -0.3 is 4.98 Å². The Morgan fingerprint density at radius 1 is 1.37 bits per heavy atom. The summed E-state index contributed by atoms with van der Waals surface area (Å²) in [5.74, 6) is 0.560. The number of aryl methyl sites for hydroxylation is 1. The van der Waals surface area contributed by atoms with Crippen molar-refractivity contribution in [2.45, 2.75) is 20.3 Å². The van der Waals surface area contributed by atoms with Crippen LogP contribution in [0, 0.1) is 6.92 Å². The van der Waals surface area contributed by atoms with E-state index < -0.39 is 0 Å². The maximum absolute atomic E-state index is 12.1. The Bertz CT molecular complexity index is 672. The Morgan fingerprint density at radius 3 is 2.53 bits per heavy atom. The quantitative estimate of drug-likeness (QED) is 0.871. The largest absolute Gasteiger partial charge is 0.306 e. The van der Waals surface area contributed by atoms with E-state index in [1.54, 1.807) is 12.1 Å². The second kappa shape index (κ2) is 5.41. The smallest absolute Gasteiger partial charge is 0.254 e. The molecule has 19 heavy (non-hydrogen) atoms. The van der Waals surface area contributed by atoms with E-state index in [1.807, 2.05) is 26.0 Å². The lowest BCUT2D eigenvalue weighted by atomic mass is 10.1. The fraction of sp³-hybridized carbons (Fsp3) is 0.200. The molecule has 1 heterocycles. The van der Waals surface area contributed by atoms with Gasteiger partial charge in [0, 0.05) is 28.3 Å². The monoisotopic (exact) mass is 274 g/mol. The molecule has 0 fully saturated rings. The first-order chi connectivity index (χ1) is 8.97. The van der Waals surface area contributed by atoms with Crippen LogP contribution in [0.2, 0.25) is 5.02 Å². The van der Waals surface area contributed by atoms with Crippen molar-refractivity contribution in [1.29, 1.82) is 0 Å².